The van der Waals surface area contributed by atoms with Crippen LogP contribution in [-0.2, 0) is 58.4 Å². The van der Waals surface area contributed by atoms with Crippen LogP contribution in [-0.4, -0.2) is 152 Å². The first-order chi connectivity index (χ1) is 34.4. The third-order valence-electron chi connectivity index (χ3n) is 12.6. The number of pyridine rings is 2. The molecule has 0 unspecified atom stereocenters. The fourth-order valence-corrected chi connectivity index (χ4v) is 12.7. The maximum Gasteiger partial charge on any atom is 1.00 e. The van der Waals surface area contributed by atoms with Gasteiger partial charge in [-0.05, 0) is 104 Å². The van der Waals surface area contributed by atoms with Crippen LogP contribution in [0.4, 0.5) is 0 Å². The molecule has 4 saturated heterocycles. The van der Waals surface area contributed by atoms with Crippen molar-refractivity contribution in [2.24, 2.45) is 10.8 Å². The first-order valence-electron chi connectivity index (χ1n) is 25.2. The molecule has 0 spiro atoms. The van der Waals surface area contributed by atoms with Gasteiger partial charge in [0.25, 0.3) is 0 Å². The van der Waals surface area contributed by atoms with Crippen molar-refractivity contribution in [1.29, 1.82) is 0 Å². The first kappa shape index (κ1) is 64.6. The molecular weight excluding hydrogens is 1000 g/mol. The summed E-state index contributed by atoms with van der Waals surface area (Å²) < 4.78 is 62.9. The van der Waals surface area contributed by atoms with Crippen LogP contribution in [0, 0.1) is 10.8 Å². The molecule has 2 N–H and O–H groups in total. The molecule has 3 radical (unpaired) electrons. The number of nitrogens with zero attached hydrogens (tertiary/aromatic N) is 5. The van der Waals surface area contributed by atoms with Crippen LogP contribution in [0.3, 0.4) is 0 Å². The van der Waals surface area contributed by atoms with Crippen molar-refractivity contribution in [2.75, 3.05) is 59.0 Å². The molecule has 74 heavy (non-hydrogen) atoms. The molecule has 1 aliphatic carbocycles. The number of hydrogen-bond donors (Lipinski definition) is 2. The number of fused-ring (bicyclic) bond motifs is 2. The van der Waals surface area contributed by atoms with E-state index >= 15 is 0 Å². The summed E-state index contributed by atoms with van der Waals surface area (Å²) in [6.07, 6.45) is 17.4. The van der Waals surface area contributed by atoms with Crippen molar-refractivity contribution in [1.82, 2.24) is 33.4 Å². The van der Waals surface area contributed by atoms with Crippen LogP contribution >= 0.6 is 0 Å². The molecule has 0 bridgehead atoms. The van der Waals surface area contributed by atoms with Crippen LogP contribution in [0.5, 0.6) is 0 Å². The minimum Gasteiger partial charge on any atom is -0.793 e. The predicted molar refractivity (Wildman–Crippen MR) is 281 cm³/mol. The van der Waals surface area contributed by atoms with E-state index in [4.69, 9.17) is 4.74 Å². The Morgan fingerprint density at radius 1 is 0.689 bits per heavy atom. The summed E-state index contributed by atoms with van der Waals surface area (Å²) in [5.74, 6) is -0.927. The molecule has 0 amide bonds. The summed E-state index contributed by atoms with van der Waals surface area (Å²) in [5, 5.41) is 1.99. The zero-order valence-electron chi connectivity index (χ0n) is 45.3. The average Bonchev–Trinajstić information content (AvgIpc) is 4.12. The molecule has 0 atom stereocenters. The normalized spacial score (nSPS) is 18.2. The van der Waals surface area contributed by atoms with E-state index in [9.17, 15) is 36.0 Å². The van der Waals surface area contributed by atoms with Gasteiger partial charge in [-0.3, -0.25) is 4.79 Å². The number of likely N-dealkylation sites (tertiary alicyclic amines) is 1. The maximum atomic E-state index is 13.0. The number of piperidine rings is 2. The Hall–Kier alpha value is -3.74. The Balaban J connectivity index is 0.000000272. The number of rotatable bonds is 7. The zero-order valence-corrected chi connectivity index (χ0v) is 48.9. The fraction of sp³-hybridized carbons (Fsp3) is 0.647. The van der Waals surface area contributed by atoms with E-state index in [1.54, 1.807) is 21.0 Å². The average molecular weight is 1080 g/mol. The van der Waals surface area contributed by atoms with Crippen molar-refractivity contribution in [3.63, 3.8) is 0 Å². The van der Waals surface area contributed by atoms with Crippen LogP contribution in [0.2, 0.25) is 0 Å². The van der Waals surface area contributed by atoms with Gasteiger partial charge in [0, 0.05) is 121 Å². The molecule has 5 aliphatic rings. The molecule has 5 fully saturated rings. The number of sulfonamides is 2. The molecule has 4 aromatic heterocycles. The maximum absolute atomic E-state index is 13.0. The number of carbonyl (C=O) groups excluding carboxylic acids is 4. The number of aldehydes is 1. The van der Waals surface area contributed by atoms with Gasteiger partial charge in [0.05, 0.1) is 5.25 Å². The minimum atomic E-state index is -3.18. The minimum absolute atomic E-state index is 0. The van der Waals surface area contributed by atoms with E-state index in [-0.39, 0.29) is 50.9 Å². The number of ether oxygens (including phenoxy) is 1. The quantitative estimate of drug-likeness (QED) is 0.115. The van der Waals surface area contributed by atoms with Crippen LogP contribution in [0.25, 0.3) is 22.1 Å². The number of aromatic amines is 2. The van der Waals surface area contributed by atoms with Crippen LogP contribution < -0.4 is 29.6 Å². The van der Waals surface area contributed by atoms with E-state index in [2.05, 4.69) is 80.2 Å². The van der Waals surface area contributed by atoms with Gasteiger partial charge in [-0.1, -0.05) is 48.0 Å². The van der Waals surface area contributed by atoms with Crippen molar-refractivity contribution >= 4 is 74.4 Å². The van der Waals surface area contributed by atoms with Gasteiger partial charge < -0.3 is 37.1 Å². The fourth-order valence-electron chi connectivity index (χ4n) is 8.70. The summed E-state index contributed by atoms with van der Waals surface area (Å²) in [6.45, 7) is 22.6. The third kappa shape index (κ3) is 20.7. The topological polar surface area (TPSA) is 241 Å². The zero-order chi connectivity index (χ0) is 54.0. The van der Waals surface area contributed by atoms with Crippen LogP contribution in [0.15, 0.2) is 49.1 Å². The van der Waals surface area contributed by atoms with E-state index < -0.39 is 38.0 Å². The molecule has 8 heterocycles. The van der Waals surface area contributed by atoms with Gasteiger partial charge in [0.2, 0.25) is 26.0 Å². The van der Waals surface area contributed by atoms with Crippen molar-refractivity contribution in [3.8, 4) is 0 Å². The SMILES string of the molecule is C1CCOC1.CC(=O)OOC(C)=O.CC(C)(C)C=O.CC(C)(C)CN1CC(S(=O)(=O)N2CCC(c3c[nH]c4ncccc34)CC2)C1.O=S(=O)(C1CCC1)N1CCC(c2c[nH]c3ncccc23)CC1.[B-]OC(C)=O.[Na+]. The summed E-state index contributed by atoms with van der Waals surface area (Å²) in [7, 11) is -1.90. The molecule has 19 nitrogen and oxygen atoms in total. The standard InChI is InChI=1S/C20H30N4O2S.C16H21N3O2S.C5H10O.C4H6O4.C4H8O.C2H3BO2.Na/c1-20(2,3)14-23-12-16(13-23)27(25,26)24-9-6-15(7-10-24)18-11-22-19-17(18)5-4-8-21-19;20-22(21,13-3-1-4-13)19-9-6-12(7-10-19)15-11-18-16-14(15)5-2-8-17-16;1-5(2,3)4-6;1-3(5)7-8-4(2)6;1-2-4-5-3-1;1-2(4)5-3;/h4-5,8,11,15-16H,6-7,9-10,12-14H2,1-3H3,(H,21,22);2,5,8,11-13H,1,3-4,6-7,9-10H2,(H,17,18);4H,1-3H3;1-2H3;1-4H2;1H3;/q;;;;;-1;+1. The second-order valence-corrected chi connectivity index (χ2v) is 25.6. The van der Waals surface area contributed by atoms with E-state index in [0.717, 1.165) is 102 Å². The van der Waals surface area contributed by atoms with Gasteiger partial charge in [-0.2, -0.15) is 0 Å². The summed E-state index contributed by atoms with van der Waals surface area (Å²) in [5.41, 5.74) is 4.46. The molecule has 1 saturated carbocycles. The predicted octanol–water partition coefficient (Wildman–Crippen LogP) is 4.12. The Morgan fingerprint density at radius 2 is 1.08 bits per heavy atom. The Bertz CT molecular complexity index is 2570. The second kappa shape index (κ2) is 30.3. The van der Waals surface area contributed by atoms with Gasteiger partial charge >= 0.3 is 41.5 Å². The van der Waals surface area contributed by atoms with Gasteiger partial charge in [-0.15, -0.1) is 0 Å². The van der Waals surface area contributed by atoms with Gasteiger partial charge in [0.15, 0.2) is 0 Å². The van der Waals surface area contributed by atoms with Crippen molar-refractivity contribution < 1.29 is 84.7 Å². The number of H-pyrrole nitrogens is 2. The molecule has 405 valence electrons. The van der Waals surface area contributed by atoms with Gasteiger partial charge in [-0.25, -0.2) is 54.8 Å². The monoisotopic (exact) mass is 1080 g/mol. The number of nitrogens with one attached hydrogen (secondary N) is 2. The number of hydrogen-bond acceptors (Lipinski definition) is 15. The molecule has 4 aromatic rings. The van der Waals surface area contributed by atoms with Crippen molar-refractivity contribution in [3.05, 3.63) is 60.2 Å². The molecule has 0 aromatic carbocycles. The second-order valence-electron chi connectivity index (χ2n) is 21.2. The van der Waals surface area contributed by atoms with Crippen molar-refractivity contribution in [2.45, 2.75) is 142 Å². The largest absolute Gasteiger partial charge is 1.00 e. The van der Waals surface area contributed by atoms with E-state index in [0.29, 0.717) is 51.1 Å². The third-order valence-corrected chi connectivity index (χ3v) is 17.2. The molecular formula is C51H78BN7NaO12S2. The first-order valence-corrected chi connectivity index (χ1v) is 28.2. The summed E-state index contributed by atoms with van der Waals surface area (Å²) >= 11 is 0. The summed E-state index contributed by atoms with van der Waals surface area (Å²) in [4.78, 5) is 64.0. The summed E-state index contributed by atoms with van der Waals surface area (Å²) in [6, 6.07) is 8.09. The smallest absolute Gasteiger partial charge is 0.793 e. The molecule has 4 aliphatic heterocycles. The Labute approximate surface area is 462 Å². The van der Waals surface area contributed by atoms with E-state index in [1.807, 2.05) is 45.3 Å². The van der Waals surface area contributed by atoms with E-state index in [1.165, 1.54) is 36.3 Å². The Morgan fingerprint density at radius 3 is 1.38 bits per heavy atom. The number of carbonyl (C=O) groups is 4. The molecule has 9 rings (SSSR count). The van der Waals surface area contributed by atoms with Crippen LogP contribution in [0.1, 0.15) is 143 Å². The molecule has 23 heteroatoms. The van der Waals surface area contributed by atoms with Gasteiger partial charge in [0.1, 0.15) is 22.8 Å². The number of aromatic nitrogens is 4. The Kier molecular flexibility index (Phi) is 26.4.